The fourth-order valence-electron chi connectivity index (χ4n) is 2.46. The van der Waals surface area contributed by atoms with Gasteiger partial charge in [0.05, 0.1) is 31.2 Å². The van der Waals surface area contributed by atoms with Crippen molar-refractivity contribution in [1.29, 1.82) is 0 Å². The second-order valence-electron chi connectivity index (χ2n) is 5.22. The van der Waals surface area contributed by atoms with Crippen LogP contribution in [0.5, 0.6) is 11.5 Å². The molecule has 0 aliphatic carbocycles. The Morgan fingerprint density at radius 3 is 2.58 bits per heavy atom. The first kappa shape index (κ1) is 16.1. The van der Waals surface area contributed by atoms with Gasteiger partial charge in [0.15, 0.2) is 0 Å². The molecule has 0 bridgehead atoms. The molecule has 24 heavy (non-hydrogen) atoms. The predicted molar refractivity (Wildman–Crippen MR) is 89.1 cm³/mol. The molecule has 0 radical (unpaired) electrons. The predicted octanol–water partition coefficient (Wildman–Crippen LogP) is 2.00. The van der Waals surface area contributed by atoms with Crippen molar-refractivity contribution >= 4 is 27.3 Å². The molecule has 1 amide bonds. The van der Waals surface area contributed by atoms with Crippen molar-refractivity contribution in [1.82, 2.24) is 0 Å². The summed E-state index contributed by atoms with van der Waals surface area (Å²) in [5.41, 5.74) is 1.60. The van der Waals surface area contributed by atoms with Gasteiger partial charge in [-0.1, -0.05) is 0 Å². The number of hydrogen-bond donors (Lipinski definition) is 2. The Morgan fingerprint density at radius 2 is 1.88 bits per heavy atom. The second kappa shape index (κ2) is 6.04. The van der Waals surface area contributed by atoms with Crippen molar-refractivity contribution < 1.29 is 22.7 Å². The number of benzene rings is 2. The molecule has 0 saturated carbocycles. The Morgan fingerprint density at radius 1 is 1.08 bits per heavy atom. The van der Waals surface area contributed by atoms with Crippen molar-refractivity contribution in [2.75, 3.05) is 24.3 Å². The van der Waals surface area contributed by atoms with E-state index in [-0.39, 0.29) is 17.2 Å². The van der Waals surface area contributed by atoms with Gasteiger partial charge in [0.1, 0.15) is 11.5 Å². The third-order valence-electron chi connectivity index (χ3n) is 3.67. The largest absolute Gasteiger partial charge is 0.497 e. The third-order valence-corrected chi connectivity index (χ3v) is 5.03. The van der Waals surface area contributed by atoms with Crippen LogP contribution in [-0.2, 0) is 21.2 Å². The second-order valence-corrected chi connectivity index (χ2v) is 6.90. The lowest BCUT2D eigenvalue weighted by Crippen LogP contribution is -2.14. The van der Waals surface area contributed by atoms with E-state index in [4.69, 9.17) is 9.47 Å². The van der Waals surface area contributed by atoms with Crippen molar-refractivity contribution in [3.63, 3.8) is 0 Å². The molecule has 1 heterocycles. The Hall–Kier alpha value is -2.74. The summed E-state index contributed by atoms with van der Waals surface area (Å²) in [4.78, 5) is 11.5. The van der Waals surface area contributed by atoms with E-state index in [1.807, 2.05) is 0 Å². The maximum absolute atomic E-state index is 12.6. The minimum absolute atomic E-state index is 0.0793. The molecular formula is C16H16N2O5S. The molecule has 8 heteroatoms. The van der Waals surface area contributed by atoms with Crippen LogP contribution >= 0.6 is 0 Å². The summed E-state index contributed by atoms with van der Waals surface area (Å²) in [6, 6.07) is 9.30. The van der Waals surface area contributed by atoms with Gasteiger partial charge in [0.25, 0.3) is 10.0 Å². The number of methoxy groups -OCH3 is 2. The molecule has 0 spiro atoms. The van der Waals surface area contributed by atoms with Gasteiger partial charge in [-0.05, 0) is 35.9 Å². The van der Waals surface area contributed by atoms with E-state index in [1.165, 1.54) is 26.4 Å². The molecule has 3 rings (SSSR count). The highest BCUT2D eigenvalue weighted by molar-refractivity contribution is 7.92. The number of amides is 1. The van der Waals surface area contributed by atoms with Gasteiger partial charge in [-0.15, -0.1) is 0 Å². The molecule has 0 fully saturated rings. The summed E-state index contributed by atoms with van der Waals surface area (Å²) >= 11 is 0. The van der Waals surface area contributed by atoms with Crippen molar-refractivity contribution in [3.8, 4) is 11.5 Å². The van der Waals surface area contributed by atoms with E-state index in [2.05, 4.69) is 10.0 Å². The van der Waals surface area contributed by atoms with E-state index in [0.29, 0.717) is 28.4 Å². The lowest BCUT2D eigenvalue weighted by molar-refractivity contribution is -0.115. The van der Waals surface area contributed by atoms with Gasteiger partial charge in [-0.3, -0.25) is 9.52 Å². The number of ether oxygens (including phenoxy) is 2. The van der Waals surface area contributed by atoms with E-state index < -0.39 is 10.0 Å². The van der Waals surface area contributed by atoms with Gasteiger partial charge in [-0.25, -0.2) is 8.42 Å². The first-order valence-corrected chi connectivity index (χ1v) is 8.59. The summed E-state index contributed by atoms with van der Waals surface area (Å²) in [6.45, 7) is 0. The van der Waals surface area contributed by atoms with E-state index in [0.717, 1.165) is 0 Å². The zero-order valence-electron chi connectivity index (χ0n) is 13.1. The maximum atomic E-state index is 12.6. The molecule has 0 saturated heterocycles. The van der Waals surface area contributed by atoms with Crippen LogP contribution in [0.3, 0.4) is 0 Å². The Kier molecular flexibility index (Phi) is 4.06. The number of carbonyl (C=O) groups excluding carboxylic acids is 1. The van der Waals surface area contributed by atoms with E-state index in [1.54, 1.807) is 24.3 Å². The van der Waals surface area contributed by atoms with Crippen LogP contribution in [0.4, 0.5) is 11.4 Å². The number of anilines is 2. The lowest BCUT2D eigenvalue weighted by Gasteiger charge is -2.13. The summed E-state index contributed by atoms with van der Waals surface area (Å²) in [5.74, 6) is 0.747. The normalized spacial score (nSPS) is 13.2. The summed E-state index contributed by atoms with van der Waals surface area (Å²) in [6.07, 6.45) is 0.171. The van der Waals surface area contributed by atoms with Crippen molar-refractivity contribution in [2.45, 2.75) is 11.3 Å². The molecule has 2 N–H and O–H groups in total. The number of nitrogens with one attached hydrogen (secondary N) is 2. The van der Waals surface area contributed by atoms with Crippen molar-refractivity contribution in [3.05, 3.63) is 42.0 Å². The van der Waals surface area contributed by atoms with E-state index >= 15 is 0 Å². The fraction of sp³-hybridized carbons (Fsp3) is 0.188. The quantitative estimate of drug-likeness (QED) is 0.862. The molecule has 126 valence electrons. The Bertz CT molecular complexity index is 909. The smallest absolute Gasteiger partial charge is 0.262 e. The van der Waals surface area contributed by atoms with Crippen molar-refractivity contribution in [2.24, 2.45) is 0 Å². The average Bonchev–Trinajstić information content (AvgIpc) is 2.94. The van der Waals surface area contributed by atoms with Gasteiger partial charge in [-0.2, -0.15) is 0 Å². The minimum Gasteiger partial charge on any atom is -0.497 e. The SMILES string of the molecule is COc1ccc(NS(=O)(=O)c2ccc3c(c2)CC(=O)N3)c(OC)c1. The van der Waals surface area contributed by atoms with Crippen LogP contribution in [-0.4, -0.2) is 28.5 Å². The Balaban J connectivity index is 1.92. The summed E-state index contributed by atoms with van der Waals surface area (Å²) in [7, 11) is -0.858. The Labute approximate surface area is 139 Å². The first-order chi connectivity index (χ1) is 11.4. The van der Waals surface area contributed by atoms with Crippen LogP contribution in [0.15, 0.2) is 41.3 Å². The van der Waals surface area contributed by atoms with Crippen LogP contribution < -0.4 is 19.5 Å². The number of hydrogen-bond acceptors (Lipinski definition) is 5. The van der Waals surface area contributed by atoms with Gasteiger partial charge in [0.2, 0.25) is 5.91 Å². The van der Waals surface area contributed by atoms with Gasteiger partial charge in [0, 0.05) is 11.8 Å². The van der Waals surface area contributed by atoms with Crippen LogP contribution in [0.25, 0.3) is 0 Å². The average molecular weight is 348 g/mol. The van der Waals surface area contributed by atoms with Crippen LogP contribution in [0.2, 0.25) is 0 Å². The first-order valence-electron chi connectivity index (χ1n) is 7.10. The molecule has 2 aromatic rings. The molecule has 1 aliphatic rings. The highest BCUT2D eigenvalue weighted by Crippen LogP contribution is 2.32. The van der Waals surface area contributed by atoms with E-state index in [9.17, 15) is 13.2 Å². The zero-order chi connectivity index (χ0) is 17.3. The highest BCUT2D eigenvalue weighted by Gasteiger charge is 2.22. The molecule has 1 aliphatic heterocycles. The molecule has 0 atom stereocenters. The van der Waals surface area contributed by atoms with Crippen LogP contribution in [0, 0.1) is 0 Å². The van der Waals surface area contributed by atoms with Crippen LogP contribution in [0.1, 0.15) is 5.56 Å². The number of rotatable bonds is 5. The summed E-state index contributed by atoms with van der Waals surface area (Å²) < 4.78 is 38.0. The number of sulfonamides is 1. The standard InChI is InChI=1S/C16H16N2O5S/c1-22-11-3-5-14(15(9-11)23-2)18-24(20,21)12-4-6-13-10(7-12)8-16(19)17-13/h3-7,9,18H,8H2,1-2H3,(H,17,19). The van der Waals surface area contributed by atoms with Gasteiger partial charge >= 0.3 is 0 Å². The third kappa shape index (κ3) is 3.00. The molecule has 0 aromatic heterocycles. The topological polar surface area (TPSA) is 93.7 Å². The number of carbonyl (C=O) groups is 1. The van der Waals surface area contributed by atoms with Gasteiger partial charge < -0.3 is 14.8 Å². The minimum atomic E-state index is -3.81. The lowest BCUT2D eigenvalue weighted by atomic mass is 10.2. The highest BCUT2D eigenvalue weighted by atomic mass is 32.2. The zero-order valence-corrected chi connectivity index (χ0v) is 13.9. The molecule has 2 aromatic carbocycles. The summed E-state index contributed by atoms with van der Waals surface area (Å²) in [5, 5.41) is 2.67. The monoisotopic (exact) mass is 348 g/mol. The fourth-order valence-corrected chi connectivity index (χ4v) is 3.58. The molecule has 0 unspecified atom stereocenters. The number of fused-ring (bicyclic) bond motifs is 1. The maximum Gasteiger partial charge on any atom is 0.262 e. The molecular weight excluding hydrogens is 332 g/mol. The molecule has 7 nitrogen and oxygen atoms in total.